The van der Waals surface area contributed by atoms with Crippen molar-refractivity contribution in [2.24, 2.45) is 21.0 Å². The van der Waals surface area contributed by atoms with E-state index in [4.69, 9.17) is 9.98 Å². The lowest BCUT2D eigenvalue weighted by atomic mass is 10.0. The molecule has 0 spiro atoms. The molecule has 156 valence electrons. The zero-order chi connectivity index (χ0) is 20.7. The molecule has 6 N–H and O–H groups in total. The smallest absolute Gasteiger partial charge is 0.325 e. The number of hydrogen-bond donors (Lipinski definition) is 6. The van der Waals surface area contributed by atoms with Gasteiger partial charge in [0.15, 0.2) is 6.17 Å². The van der Waals surface area contributed by atoms with Gasteiger partial charge in [-0.1, -0.05) is 12.1 Å². The van der Waals surface area contributed by atoms with Crippen LogP contribution in [-0.2, 0) is 6.42 Å². The van der Waals surface area contributed by atoms with Gasteiger partial charge < -0.3 is 20.7 Å². The molecule has 3 aliphatic rings. The molecule has 2 aromatic rings. The van der Waals surface area contributed by atoms with Crippen molar-refractivity contribution in [3.8, 4) is 5.88 Å². The summed E-state index contributed by atoms with van der Waals surface area (Å²) >= 11 is 0. The number of nitrogens with zero attached hydrogens (tertiary/aromatic N) is 4. The third-order valence-electron chi connectivity index (χ3n) is 5.25. The predicted octanol–water partition coefficient (Wildman–Crippen LogP) is 0.826. The molecular weight excluding hydrogens is 386 g/mol. The van der Waals surface area contributed by atoms with Gasteiger partial charge in [-0.25, -0.2) is 19.8 Å². The van der Waals surface area contributed by atoms with Crippen molar-refractivity contribution >= 4 is 29.5 Å². The van der Waals surface area contributed by atoms with Crippen molar-refractivity contribution in [3.63, 3.8) is 0 Å². The summed E-state index contributed by atoms with van der Waals surface area (Å²) < 4.78 is 0. The van der Waals surface area contributed by atoms with Gasteiger partial charge in [-0.05, 0) is 25.0 Å². The first-order valence-corrected chi connectivity index (χ1v) is 9.90. The normalized spacial score (nSPS) is 23.8. The SMILES string of the molecule is CNc1ccccc1NC1=NC2C(Cc3[nH]c(=O)[nH]c3O)C=NN2C(=NC2CC2)N1. The molecule has 1 saturated carbocycles. The first-order chi connectivity index (χ1) is 14.6. The van der Waals surface area contributed by atoms with Crippen LogP contribution in [0.4, 0.5) is 11.4 Å². The Labute approximate surface area is 172 Å². The lowest BCUT2D eigenvalue weighted by Gasteiger charge is -2.31. The van der Waals surface area contributed by atoms with Crippen molar-refractivity contribution in [1.82, 2.24) is 20.3 Å². The molecular formula is C19H23N9O2. The summed E-state index contributed by atoms with van der Waals surface area (Å²) in [4.78, 5) is 26.0. The monoisotopic (exact) mass is 409 g/mol. The molecule has 2 aliphatic heterocycles. The van der Waals surface area contributed by atoms with Gasteiger partial charge in [-0.2, -0.15) is 5.10 Å². The van der Waals surface area contributed by atoms with E-state index in [0.29, 0.717) is 30.1 Å². The number of H-pyrrole nitrogens is 2. The molecule has 1 aromatic heterocycles. The van der Waals surface area contributed by atoms with Crippen LogP contribution in [0.3, 0.4) is 0 Å². The first kappa shape index (κ1) is 18.3. The topological polar surface area (TPSA) is 145 Å². The van der Waals surface area contributed by atoms with E-state index in [1.165, 1.54) is 0 Å². The fraction of sp³-hybridized carbons (Fsp3) is 0.368. The van der Waals surface area contributed by atoms with E-state index in [2.05, 4.69) is 31.0 Å². The Balaban J connectivity index is 1.44. The van der Waals surface area contributed by atoms with Crippen molar-refractivity contribution in [2.45, 2.75) is 31.5 Å². The van der Waals surface area contributed by atoms with Gasteiger partial charge in [0.25, 0.3) is 0 Å². The van der Waals surface area contributed by atoms with E-state index >= 15 is 0 Å². The molecule has 0 saturated heterocycles. The van der Waals surface area contributed by atoms with Crippen LogP contribution in [0, 0.1) is 5.92 Å². The number of imidazole rings is 1. The van der Waals surface area contributed by atoms with E-state index < -0.39 is 5.69 Å². The highest BCUT2D eigenvalue weighted by molar-refractivity contribution is 6.08. The quantitative estimate of drug-likeness (QED) is 0.431. The highest BCUT2D eigenvalue weighted by atomic mass is 16.3. The largest absolute Gasteiger partial charge is 0.493 e. The van der Waals surface area contributed by atoms with Crippen molar-refractivity contribution < 1.29 is 5.11 Å². The number of nitrogens with one attached hydrogen (secondary N) is 5. The Kier molecular flexibility index (Phi) is 4.42. The number of guanidine groups is 2. The van der Waals surface area contributed by atoms with E-state index in [1.54, 1.807) is 11.2 Å². The molecule has 5 rings (SSSR count). The third kappa shape index (κ3) is 3.49. The summed E-state index contributed by atoms with van der Waals surface area (Å²) in [6, 6.07) is 8.15. The van der Waals surface area contributed by atoms with Gasteiger partial charge in [0.1, 0.15) is 0 Å². The molecule has 2 unspecified atom stereocenters. The van der Waals surface area contributed by atoms with Crippen LogP contribution in [0.5, 0.6) is 5.88 Å². The Hall–Kier alpha value is -3.76. The molecule has 3 heterocycles. The summed E-state index contributed by atoms with van der Waals surface area (Å²) in [5, 5.41) is 25.9. The average molecular weight is 409 g/mol. The highest BCUT2D eigenvalue weighted by Crippen LogP contribution is 2.29. The number of aromatic amines is 2. The number of fused-ring (bicyclic) bond motifs is 1. The second-order valence-corrected chi connectivity index (χ2v) is 7.50. The molecule has 0 bridgehead atoms. The number of aromatic hydroxyl groups is 1. The Morgan fingerprint density at radius 3 is 2.77 bits per heavy atom. The summed E-state index contributed by atoms with van der Waals surface area (Å²) in [7, 11) is 1.86. The van der Waals surface area contributed by atoms with Crippen molar-refractivity contribution in [1.29, 1.82) is 0 Å². The average Bonchev–Trinajstić information content (AvgIpc) is 3.37. The summed E-state index contributed by atoms with van der Waals surface area (Å²) in [5.41, 5.74) is 1.82. The van der Waals surface area contributed by atoms with Crippen LogP contribution in [0.2, 0.25) is 0 Å². The number of para-hydroxylation sites is 2. The van der Waals surface area contributed by atoms with Gasteiger partial charge >= 0.3 is 5.69 Å². The van der Waals surface area contributed by atoms with Crippen LogP contribution in [0.25, 0.3) is 0 Å². The minimum absolute atomic E-state index is 0.148. The fourth-order valence-electron chi connectivity index (χ4n) is 3.56. The summed E-state index contributed by atoms with van der Waals surface area (Å²) in [6.45, 7) is 0. The van der Waals surface area contributed by atoms with Crippen LogP contribution in [-0.4, -0.2) is 57.5 Å². The first-order valence-electron chi connectivity index (χ1n) is 9.90. The number of rotatable bonds is 5. The second-order valence-electron chi connectivity index (χ2n) is 7.50. The number of anilines is 2. The zero-order valence-electron chi connectivity index (χ0n) is 16.4. The molecule has 1 aliphatic carbocycles. The Bertz CT molecular complexity index is 1100. The zero-order valence-corrected chi connectivity index (χ0v) is 16.4. The molecule has 11 heteroatoms. The summed E-state index contributed by atoms with van der Waals surface area (Å²) in [5.74, 6) is 0.913. The van der Waals surface area contributed by atoms with Crippen LogP contribution in [0.1, 0.15) is 18.5 Å². The van der Waals surface area contributed by atoms with E-state index in [0.717, 1.165) is 24.2 Å². The molecule has 11 nitrogen and oxygen atoms in total. The minimum atomic E-state index is -0.440. The Morgan fingerprint density at radius 1 is 1.27 bits per heavy atom. The van der Waals surface area contributed by atoms with Gasteiger partial charge in [-0.15, -0.1) is 0 Å². The van der Waals surface area contributed by atoms with E-state index in [-0.39, 0.29) is 18.0 Å². The number of aliphatic imine (C=N–C) groups is 2. The minimum Gasteiger partial charge on any atom is -0.493 e. The number of benzene rings is 1. The third-order valence-corrected chi connectivity index (χ3v) is 5.25. The number of hydrazone groups is 1. The van der Waals surface area contributed by atoms with Gasteiger partial charge in [0.05, 0.1) is 23.1 Å². The Morgan fingerprint density at radius 2 is 2.07 bits per heavy atom. The molecule has 1 fully saturated rings. The molecule has 2 atom stereocenters. The van der Waals surface area contributed by atoms with E-state index in [9.17, 15) is 9.90 Å². The predicted molar refractivity (Wildman–Crippen MR) is 115 cm³/mol. The lowest BCUT2D eigenvalue weighted by molar-refractivity contribution is 0.301. The highest BCUT2D eigenvalue weighted by Gasteiger charge is 2.39. The van der Waals surface area contributed by atoms with Crippen LogP contribution >= 0.6 is 0 Å². The summed E-state index contributed by atoms with van der Waals surface area (Å²) in [6.07, 6.45) is 3.96. The van der Waals surface area contributed by atoms with Crippen molar-refractivity contribution in [3.05, 3.63) is 40.4 Å². The van der Waals surface area contributed by atoms with Crippen LogP contribution < -0.4 is 21.6 Å². The second kappa shape index (κ2) is 7.25. The molecule has 30 heavy (non-hydrogen) atoms. The van der Waals surface area contributed by atoms with E-state index in [1.807, 2.05) is 31.3 Å². The van der Waals surface area contributed by atoms with Crippen LogP contribution in [0.15, 0.2) is 44.1 Å². The molecule has 1 aromatic carbocycles. The standard InChI is InChI=1S/C19H23N9O2/c1-20-12-4-2-3-5-13(12)23-17-25-15-10(8-14-16(29)26-19(30)24-14)9-21-28(15)18(27-17)22-11-6-7-11/h2-5,9-11,15,20,29H,6-8H2,1H3,(H2,24,26,30)(H2,22,23,25,27). The maximum absolute atomic E-state index is 11.5. The molecule has 0 radical (unpaired) electrons. The lowest BCUT2D eigenvalue weighted by Crippen LogP contribution is -2.53. The maximum atomic E-state index is 11.5. The van der Waals surface area contributed by atoms with Gasteiger partial charge in [-0.3, -0.25) is 10.3 Å². The number of aromatic nitrogens is 2. The fourth-order valence-corrected chi connectivity index (χ4v) is 3.56. The molecule has 0 amide bonds. The van der Waals surface area contributed by atoms with Gasteiger partial charge in [0.2, 0.25) is 17.8 Å². The van der Waals surface area contributed by atoms with Crippen molar-refractivity contribution in [2.75, 3.05) is 17.7 Å². The number of hydrogen-bond acceptors (Lipinski definition) is 7. The van der Waals surface area contributed by atoms with Gasteiger partial charge in [0, 0.05) is 25.6 Å². The maximum Gasteiger partial charge on any atom is 0.325 e.